The van der Waals surface area contributed by atoms with Crippen molar-refractivity contribution in [2.75, 3.05) is 20.6 Å². The molecule has 172 valence electrons. The first-order valence-electron chi connectivity index (χ1n) is 10.5. The summed E-state index contributed by atoms with van der Waals surface area (Å²) in [6.07, 6.45) is 3.69. The van der Waals surface area contributed by atoms with Crippen molar-refractivity contribution in [3.05, 3.63) is 83.4 Å². The number of benzene rings is 2. The van der Waals surface area contributed by atoms with Gasteiger partial charge in [0.15, 0.2) is 5.96 Å². The first-order valence-corrected chi connectivity index (χ1v) is 10.5. The maximum Gasteiger partial charge on any atom is 0.192 e. The highest BCUT2D eigenvalue weighted by Crippen LogP contribution is 2.17. The largest absolute Gasteiger partial charge is 0.357 e. The Morgan fingerprint density at radius 2 is 2.00 bits per heavy atom. The Morgan fingerprint density at radius 3 is 2.69 bits per heavy atom. The second-order valence-corrected chi connectivity index (χ2v) is 7.77. The first-order chi connectivity index (χ1) is 15.0. The van der Waals surface area contributed by atoms with Crippen LogP contribution in [0.3, 0.4) is 0 Å². The Kier molecular flexibility index (Phi) is 10.1. The number of nitrogens with one attached hydrogen (secondary N) is 2. The van der Waals surface area contributed by atoms with Crippen molar-refractivity contribution >= 4 is 29.9 Å². The van der Waals surface area contributed by atoms with Crippen LogP contribution in [-0.2, 0) is 13.1 Å². The zero-order chi connectivity index (χ0) is 22.2. The Labute approximate surface area is 207 Å². The van der Waals surface area contributed by atoms with Gasteiger partial charge in [-0.25, -0.2) is 14.1 Å². The molecule has 0 aliphatic rings. The predicted molar refractivity (Wildman–Crippen MR) is 139 cm³/mol. The van der Waals surface area contributed by atoms with Crippen molar-refractivity contribution in [1.82, 2.24) is 25.3 Å². The lowest BCUT2D eigenvalue weighted by molar-refractivity contribution is 0.392. The van der Waals surface area contributed by atoms with Crippen molar-refractivity contribution in [2.24, 2.45) is 4.99 Å². The van der Waals surface area contributed by atoms with E-state index in [2.05, 4.69) is 34.8 Å². The van der Waals surface area contributed by atoms with E-state index in [1.165, 1.54) is 6.07 Å². The third-order valence-corrected chi connectivity index (χ3v) is 4.85. The second kappa shape index (κ2) is 12.5. The highest BCUT2D eigenvalue weighted by atomic mass is 127. The summed E-state index contributed by atoms with van der Waals surface area (Å²) in [6, 6.07) is 15.4. The number of hydrogen-bond donors (Lipinski definition) is 2. The number of nitrogens with zero attached hydrogens (tertiary/aromatic N) is 4. The standard InChI is InChI=1S/C24H31FN6.HI/c1-5-26-24(27-16-19-10-11-23(25)21(14-19)17-30(3)4)29-18(2)20-8-6-9-22(15-20)31-13-7-12-28-31;/h6-15,18H,5,16-17H2,1-4H3,(H2,26,27,29);1H. The van der Waals surface area contributed by atoms with E-state index in [9.17, 15) is 4.39 Å². The minimum absolute atomic E-state index is 0. The molecule has 32 heavy (non-hydrogen) atoms. The average molecular weight is 550 g/mol. The molecule has 0 amide bonds. The molecular formula is C24H32FIN6. The summed E-state index contributed by atoms with van der Waals surface area (Å²) >= 11 is 0. The van der Waals surface area contributed by atoms with Crippen LogP contribution in [0.5, 0.6) is 0 Å². The molecule has 0 aliphatic heterocycles. The zero-order valence-corrected chi connectivity index (χ0v) is 21.4. The van der Waals surface area contributed by atoms with E-state index < -0.39 is 0 Å². The molecule has 1 heterocycles. The maximum atomic E-state index is 14.1. The molecule has 1 unspecified atom stereocenters. The van der Waals surface area contributed by atoms with Crippen LogP contribution in [0, 0.1) is 5.82 Å². The van der Waals surface area contributed by atoms with Crippen LogP contribution >= 0.6 is 24.0 Å². The molecule has 2 aromatic carbocycles. The van der Waals surface area contributed by atoms with E-state index in [0.717, 1.165) is 29.3 Å². The van der Waals surface area contributed by atoms with Crippen LogP contribution in [0.25, 0.3) is 5.69 Å². The van der Waals surface area contributed by atoms with E-state index >= 15 is 0 Å². The molecule has 1 atom stereocenters. The van der Waals surface area contributed by atoms with Gasteiger partial charge in [-0.1, -0.05) is 18.2 Å². The maximum absolute atomic E-state index is 14.1. The van der Waals surface area contributed by atoms with E-state index in [-0.39, 0.29) is 35.8 Å². The molecule has 0 spiro atoms. The smallest absolute Gasteiger partial charge is 0.192 e. The van der Waals surface area contributed by atoms with Crippen molar-refractivity contribution < 1.29 is 4.39 Å². The summed E-state index contributed by atoms with van der Waals surface area (Å²) in [6.45, 7) is 5.91. The van der Waals surface area contributed by atoms with Crippen LogP contribution in [-0.4, -0.2) is 41.3 Å². The monoisotopic (exact) mass is 550 g/mol. The third kappa shape index (κ3) is 7.30. The Hall–Kier alpha value is -2.46. The summed E-state index contributed by atoms with van der Waals surface area (Å²) in [5, 5.41) is 11.1. The van der Waals surface area contributed by atoms with Crippen LogP contribution < -0.4 is 10.6 Å². The number of aromatic nitrogens is 2. The van der Waals surface area contributed by atoms with E-state index in [4.69, 9.17) is 4.99 Å². The minimum Gasteiger partial charge on any atom is -0.357 e. The quantitative estimate of drug-likeness (QED) is 0.246. The number of aliphatic imine (C=N–C) groups is 1. The highest BCUT2D eigenvalue weighted by molar-refractivity contribution is 14.0. The molecule has 3 rings (SSSR count). The average Bonchev–Trinajstić information content (AvgIpc) is 3.29. The zero-order valence-electron chi connectivity index (χ0n) is 19.0. The fraction of sp³-hybridized carbons (Fsp3) is 0.333. The van der Waals surface area contributed by atoms with Gasteiger partial charge < -0.3 is 15.5 Å². The van der Waals surface area contributed by atoms with Crippen molar-refractivity contribution in [2.45, 2.75) is 33.0 Å². The number of guanidine groups is 1. The summed E-state index contributed by atoms with van der Waals surface area (Å²) in [7, 11) is 3.86. The van der Waals surface area contributed by atoms with Gasteiger partial charge in [0.05, 0.1) is 18.3 Å². The number of rotatable bonds is 8. The van der Waals surface area contributed by atoms with Crippen LogP contribution in [0.15, 0.2) is 65.9 Å². The molecule has 0 aliphatic carbocycles. The summed E-state index contributed by atoms with van der Waals surface area (Å²) in [4.78, 5) is 6.67. The first kappa shape index (κ1) is 25.8. The Bertz CT molecular complexity index is 1000. The van der Waals surface area contributed by atoms with Crippen LogP contribution in [0.4, 0.5) is 4.39 Å². The van der Waals surface area contributed by atoms with Gasteiger partial charge in [-0.3, -0.25) is 0 Å². The van der Waals surface area contributed by atoms with Crippen LogP contribution in [0.2, 0.25) is 0 Å². The fourth-order valence-electron chi connectivity index (χ4n) is 3.33. The van der Waals surface area contributed by atoms with Crippen molar-refractivity contribution in [1.29, 1.82) is 0 Å². The third-order valence-electron chi connectivity index (χ3n) is 4.85. The van der Waals surface area contributed by atoms with Gasteiger partial charge in [0, 0.05) is 31.0 Å². The SMILES string of the molecule is CCNC(=NCc1ccc(F)c(CN(C)C)c1)NC(C)c1cccc(-n2cccn2)c1.I. The molecular weight excluding hydrogens is 518 g/mol. The lowest BCUT2D eigenvalue weighted by Crippen LogP contribution is -2.38. The van der Waals surface area contributed by atoms with E-state index in [1.54, 1.807) is 12.3 Å². The van der Waals surface area contributed by atoms with Gasteiger partial charge in [0.1, 0.15) is 5.82 Å². The minimum atomic E-state index is -0.183. The molecule has 0 saturated carbocycles. The fourth-order valence-corrected chi connectivity index (χ4v) is 3.33. The van der Waals surface area contributed by atoms with E-state index in [1.807, 2.05) is 61.1 Å². The van der Waals surface area contributed by atoms with E-state index in [0.29, 0.717) is 18.7 Å². The van der Waals surface area contributed by atoms with Gasteiger partial charge in [-0.2, -0.15) is 5.10 Å². The Morgan fingerprint density at radius 1 is 1.19 bits per heavy atom. The van der Waals surface area contributed by atoms with Crippen molar-refractivity contribution in [3.63, 3.8) is 0 Å². The van der Waals surface area contributed by atoms with Crippen LogP contribution in [0.1, 0.15) is 36.6 Å². The highest BCUT2D eigenvalue weighted by Gasteiger charge is 2.10. The van der Waals surface area contributed by atoms with Gasteiger partial charge in [0.2, 0.25) is 0 Å². The second-order valence-electron chi connectivity index (χ2n) is 7.77. The number of hydrogen-bond acceptors (Lipinski definition) is 3. The normalized spacial score (nSPS) is 12.4. The Balaban J connectivity index is 0.00000363. The molecule has 2 N–H and O–H groups in total. The molecule has 3 aromatic rings. The van der Waals surface area contributed by atoms with Gasteiger partial charge in [0.25, 0.3) is 0 Å². The summed E-state index contributed by atoms with van der Waals surface area (Å²) in [5.41, 5.74) is 3.80. The van der Waals surface area contributed by atoms with Crippen molar-refractivity contribution in [3.8, 4) is 5.69 Å². The molecule has 0 saturated heterocycles. The van der Waals surface area contributed by atoms with Gasteiger partial charge in [-0.15, -0.1) is 24.0 Å². The summed E-state index contributed by atoms with van der Waals surface area (Å²) in [5.74, 6) is 0.537. The molecule has 0 radical (unpaired) electrons. The summed E-state index contributed by atoms with van der Waals surface area (Å²) < 4.78 is 15.9. The lowest BCUT2D eigenvalue weighted by atomic mass is 10.1. The van der Waals surface area contributed by atoms with Gasteiger partial charge in [-0.05, 0) is 69.4 Å². The molecule has 0 fully saturated rings. The molecule has 6 nitrogen and oxygen atoms in total. The topological polar surface area (TPSA) is 57.5 Å². The predicted octanol–water partition coefficient (Wildman–Crippen LogP) is 4.51. The van der Waals surface area contributed by atoms with Gasteiger partial charge >= 0.3 is 0 Å². The number of halogens is 2. The molecule has 8 heteroatoms. The molecule has 1 aromatic heterocycles. The molecule has 0 bridgehead atoms. The lowest BCUT2D eigenvalue weighted by Gasteiger charge is -2.19.